The van der Waals surface area contributed by atoms with Crippen LogP contribution in [-0.4, -0.2) is 44.9 Å². The van der Waals surface area contributed by atoms with Gasteiger partial charge < -0.3 is 15.7 Å². The van der Waals surface area contributed by atoms with Crippen LogP contribution in [0.4, 0.5) is 5.69 Å². The third-order valence-corrected chi connectivity index (χ3v) is 3.52. The highest BCUT2D eigenvalue weighted by molar-refractivity contribution is 5.97. The molecule has 1 saturated heterocycles. The first-order valence-corrected chi connectivity index (χ1v) is 6.34. The fourth-order valence-electron chi connectivity index (χ4n) is 2.57. The summed E-state index contributed by atoms with van der Waals surface area (Å²) in [5.41, 5.74) is 6.65. The van der Waals surface area contributed by atoms with Crippen LogP contribution >= 0.6 is 0 Å². The van der Waals surface area contributed by atoms with E-state index in [0.29, 0.717) is 17.8 Å². The highest BCUT2D eigenvalue weighted by Crippen LogP contribution is 2.23. The molecule has 1 fully saturated rings. The van der Waals surface area contributed by atoms with Gasteiger partial charge in [0, 0.05) is 26.2 Å². The Hall–Kier alpha value is -1.56. The topological polar surface area (TPSA) is 84.4 Å². The molecular weight excluding hydrogens is 232 g/mol. The molecule has 1 aromatic rings. The van der Waals surface area contributed by atoms with Crippen LogP contribution in [0.25, 0.3) is 0 Å². The zero-order valence-corrected chi connectivity index (χ0v) is 10.7. The number of hydrogen-bond donors (Lipinski definition) is 2. The van der Waals surface area contributed by atoms with E-state index in [2.05, 4.69) is 5.10 Å². The van der Waals surface area contributed by atoms with Crippen molar-refractivity contribution in [2.24, 2.45) is 7.05 Å². The van der Waals surface area contributed by atoms with Crippen LogP contribution in [0.2, 0.25) is 0 Å². The summed E-state index contributed by atoms with van der Waals surface area (Å²) in [4.78, 5) is 14.3. The summed E-state index contributed by atoms with van der Waals surface area (Å²) in [6.07, 6.45) is 5.19. The van der Waals surface area contributed by atoms with Crippen LogP contribution in [-0.2, 0) is 7.05 Å². The predicted molar refractivity (Wildman–Crippen MR) is 68.0 cm³/mol. The summed E-state index contributed by atoms with van der Waals surface area (Å²) in [7, 11) is 1.72. The molecule has 100 valence electrons. The molecule has 1 amide bonds. The molecule has 1 atom stereocenters. The van der Waals surface area contributed by atoms with E-state index in [0.717, 1.165) is 25.8 Å². The summed E-state index contributed by atoms with van der Waals surface area (Å²) < 4.78 is 1.52. The predicted octanol–water partition coefficient (Wildman–Crippen LogP) is 0.379. The molecule has 0 saturated carbocycles. The van der Waals surface area contributed by atoms with Crippen LogP contribution < -0.4 is 5.73 Å². The van der Waals surface area contributed by atoms with Crippen molar-refractivity contribution in [2.75, 3.05) is 18.9 Å². The van der Waals surface area contributed by atoms with E-state index < -0.39 is 0 Å². The molecule has 1 unspecified atom stereocenters. The van der Waals surface area contributed by atoms with E-state index in [1.54, 1.807) is 7.05 Å². The summed E-state index contributed by atoms with van der Waals surface area (Å²) in [5, 5.41) is 13.1. The van der Waals surface area contributed by atoms with Crippen molar-refractivity contribution in [1.29, 1.82) is 0 Å². The maximum Gasteiger partial charge on any atom is 0.274 e. The largest absolute Gasteiger partial charge is 0.396 e. The number of aryl methyl sites for hydroxylation is 1. The molecule has 0 bridgehead atoms. The van der Waals surface area contributed by atoms with Crippen molar-refractivity contribution in [1.82, 2.24) is 14.7 Å². The van der Waals surface area contributed by atoms with E-state index in [1.807, 2.05) is 4.90 Å². The Morgan fingerprint density at radius 3 is 3.00 bits per heavy atom. The molecule has 1 aliphatic heterocycles. The van der Waals surface area contributed by atoms with Crippen LogP contribution in [0.15, 0.2) is 6.20 Å². The average molecular weight is 252 g/mol. The number of likely N-dealkylation sites (tertiary alicyclic amines) is 1. The first kappa shape index (κ1) is 12.9. The van der Waals surface area contributed by atoms with Crippen molar-refractivity contribution < 1.29 is 9.90 Å². The number of rotatable bonds is 3. The van der Waals surface area contributed by atoms with Crippen molar-refractivity contribution in [3.8, 4) is 0 Å². The van der Waals surface area contributed by atoms with Crippen LogP contribution in [0.1, 0.15) is 36.2 Å². The Kier molecular flexibility index (Phi) is 3.86. The zero-order valence-electron chi connectivity index (χ0n) is 10.7. The highest BCUT2D eigenvalue weighted by atomic mass is 16.3. The molecule has 0 spiro atoms. The number of piperidine rings is 1. The Morgan fingerprint density at radius 2 is 2.39 bits per heavy atom. The quantitative estimate of drug-likeness (QED) is 0.814. The maximum atomic E-state index is 12.5. The van der Waals surface area contributed by atoms with Gasteiger partial charge in [-0.25, -0.2) is 0 Å². The fraction of sp³-hybridized carbons (Fsp3) is 0.667. The molecule has 3 N–H and O–H groups in total. The number of nitrogens with zero attached hydrogens (tertiary/aromatic N) is 3. The average Bonchev–Trinajstić information content (AvgIpc) is 2.69. The first-order chi connectivity index (χ1) is 8.65. The van der Waals surface area contributed by atoms with E-state index in [-0.39, 0.29) is 18.6 Å². The third kappa shape index (κ3) is 2.33. The summed E-state index contributed by atoms with van der Waals surface area (Å²) in [5.74, 6) is -0.0781. The molecule has 0 radical (unpaired) electrons. The van der Waals surface area contributed by atoms with Gasteiger partial charge in [-0.2, -0.15) is 5.10 Å². The van der Waals surface area contributed by atoms with Gasteiger partial charge in [-0.1, -0.05) is 0 Å². The normalized spacial score (nSPS) is 20.1. The van der Waals surface area contributed by atoms with Crippen molar-refractivity contribution in [3.63, 3.8) is 0 Å². The molecule has 0 aliphatic carbocycles. The van der Waals surface area contributed by atoms with Crippen LogP contribution in [0.3, 0.4) is 0 Å². The lowest BCUT2D eigenvalue weighted by Gasteiger charge is -2.35. The van der Waals surface area contributed by atoms with E-state index in [4.69, 9.17) is 10.8 Å². The van der Waals surface area contributed by atoms with Crippen LogP contribution in [0.5, 0.6) is 0 Å². The third-order valence-electron chi connectivity index (χ3n) is 3.52. The number of amides is 1. The van der Waals surface area contributed by atoms with Gasteiger partial charge in [-0.05, 0) is 25.7 Å². The second kappa shape index (κ2) is 5.39. The molecule has 2 rings (SSSR count). The second-order valence-electron chi connectivity index (χ2n) is 4.73. The molecule has 2 heterocycles. The Balaban J connectivity index is 2.21. The van der Waals surface area contributed by atoms with E-state index in [9.17, 15) is 4.79 Å². The summed E-state index contributed by atoms with van der Waals surface area (Å²) >= 11 is 0. The van der Waals surface area contributed by atoms with Crippen molar-refractivity contribution >= 4 is 11.6 Å². The molecule has 0 aromatic carbocycles. The summed E-state index contributed by atoms with van der Waals surface area (Å²) in [6, 6.07) is 0.116. The molecule has 6 nitrogen and oxygen atoms in total. The zero-order chi connectivity index (χ0) is 13.1. The van der Waals surface area contributed by atoms with Gasteiger partial charge in [0.05, 0.1) is 11.9 Å². The van der Waals surface area contributed by atoms with Gasteiger partial charge in [-0.3, -0.25) is 9.48 Å². The molecule has 18 heavy (non-hydrogen) atoms. The van der Waals surface area contributed by atoms with E-state index in [1.165, 1.54) is 10.9 Å². The Morgan fingerprint density at radius 1 is 1.61 bits per heavy atom. The lowest BCUT2D eigenvalue weighted by Crippen LogP contribution is -2.45. The monoisotopic (exact) mass is 252 g/mol. The minimum atomic E-state index is -0.0781. The lowest BCUT2D eigenvalue weighted by molar-refractivity contribution is 0.0564. The van der Waals surface area contributed by atoms with Crippen molar-refractivity contribution in [3.05, 3.63) is 11.9 Å². The number of carbonyl (C=O) groups is 1. The van der Waals surface area contributed by atoms with Gasteiger partial charge in [0.15, 0.2) is 0 Å². The Labute approximate surface area is 106 Å². The minimum Gasteiger partial charge on any atom is -0.396 e. The number of aromatic nitrogens is 2. The standard InChI is InChI=1S/C12H20N4O2/c1-15-11(10(13)8-14-15)12(18)16-6-3-2-4-9(16)5-7-17/h8-9,17H,2-7,13H2,1H3. The first-order valence-electron chi connectivity index (χ1n) is 6.34. The van der Waals surface area contributed by atoms with E-state index >= 15 is 0 Å². The second-order valence-corrected chi connectivity index (χ2v) is 4.73. The number of aliphatic hydroxyl groups excluding tert-OH is 1. The molecular formula is C12H20N4O2. The number of aliphatic hydroxyl groups is 1. The minimum absolute atomic E-state index is 0.0781. The smallest absolute Gasteiger partial charge is 0.274 e. The van der Waals surface area contributed by atoms with Crippen LogP contribution in [0, 0.1) is 0 Å². The number of hydrogen-bond acceptors (Lipinski definition) is 4. The lowest BCUT2D eigenvalue weighted by atomic mass is 9.99. The highest BCUT2D eigenvalue weighted by Gasteiger charge is 2.29. The number of anilines is 1. The van der Waals surface area contributed by atoms with Gasteiger partial charge in [0.2, 0.25) is 0 Å². The van der Waals surface area contributed by atoms with Gasteiger partial charge in [0.1, 0.15) is 5.69 Å². The molecule has 1 aliphatic rings. The van der Waals surface area contributed by atoms with Gasteiger partial charge in [0.25, 0.3) is 5.91 Å². The Bertz CT molecular complexity index is 408. The number of carbonyl (C=O) groups excluding carboxylic acids is 1. The molecule has 1 aromatic heterocycles. The van der Waals surface area contributed by atoms with Gasteiger partial charge in [-0.15, -0.1) is 0 Å². The molecule has 6 heteroatoms. The van der Waals surface area contributed by atoms with Crippen molar-refractivity contribution in [2.45, 2.75) is 31.7 Å². The SMILES string of the molecule is Cn1ncc(N)c1C(=O)N1CCCCC1CCO. The summed E-state index contributed by atoms with van der Waals surface area (Å²) in [6.45, 7) is 0.837. The maximum absolute atomic E-state index is 12.5. The van der Waals surface area contributed by atoms with Gasteiger partial charge >= 0.3 is 0 Å². The fourth-order valence-corrected chi connectivity index (χ4v) is 2.57. The number of nitrogen functional groups attached to an aromatic ring is 1. The number of nitrogens with two attached hydrogens (primary N) is 1.